The molecule has 1 heterocycles. The van der Waals surface area contributed by atoms with Crippen LogP contribution in [-0.2, 0) is 4.74 Å². The zero-order valence-electron chi connectivity index (χ0n) is 21.6. The molecule has 1 aliphatic rings. The van der Waals surface area contributed by atoms with Gasteiger partial charge in [-0.25, -0.2) is 8.78 Å². The summed E-state index contributed by atoms with van der Waals surface area (Å²) in [7, 11) is 1.63. The summed E-state index contributed by atoms with van der Waals surface area (Å²) in [6, 6.07) is 20.8. The van der Waals surface area contributed by atoms with E-state index in [4.69, 9.17) is 16.2 Å². The summed E-state index contributed by atoms with van der Waals surface area (Å²) >= 11 is 0. The van der Waals surface area contributed by atoms with Gasteiger partial charge in [-0.1, -0.05) is 42.0 Å². The minimum atomic E-state index is -0.321. The van der Waals surface area contributed by atoms with Crippen LogP contribution >= 0.6 is 0 Å². The van der Waals surface area contributed by atoms with E-state index in [1.807, 2.05) is 0 Å². The van der Waals surface area contributed by atoms with Gasteiger partial charge in [0.25, 0.3) is 0 Å². The van der Waals surface area contributed by atoms with Crippen LogP contribution in [0.15, 0.2) is 84.4 Å². The zero-order valence-corrected chi connectivity index (χ0v) is 21.6. The van der Waals surface area contributed by atoms with Crippen LogP contribution in [0.1, 0.15) is 47.4 Å². The van der Waals surface area contributed by atoms with E-state index in [0.29, 0.717) is 30.0 Å². The number of hydrogen-bond donors (Lipinski definition) is 3. The summed E-state index contributed by atoms with van der Waals surface area (Å²) in [5, 5.41) is 3.39. The van der Waals surface area contributed by atoms with Gasteiger partial charge in [0.05, 0.1) is 0 Å². The molecule has 4 rings (SSSR count). The van der Waals surface area contributed by atoms with Crippen molar-refractivity contribution in [3.63, 3.8) is 0 Å². The highest BCUT2D eigenvalue weighted by molar-refractivity contribution is 5.74. The van der Waals surface area contributed by atoms with Crippen LogP contribution in [0.4, 0.5) is 8.78 Å². The fourth-order valence-corrected chi connectivity index (χ4v) is 4.20. The molecule has 37 heavy (non-hydrogen) atoms. The Morgan fingerprint density at radius 2 is 1.51 bits per heavy atom. The average molecular weight is 506 g/mol. The molecule has 3 aromatic rings. The SMILES string of the molecule is COCCCC(/C=C(\N)c1ccc(F)cc1)=C(/N)c1ccc(F)cc1.Cc1ccc(C2CCNC2)cc1. The maximum absolute atomic E-state index is 13.1. The quantitative estimate of drug-likeness (QED) is 0.254. The molecule has 0 bridgehead atoms. The maximum atomic E-state index is 13.1. The van der Waals surface area contributed by atoms with Crippen molar-refractivity contribution in [2.45, 2.75) is 32.1 Å². The van der Waals surface area contributed by atoms with Gasteiger partial charge >= 0.3 is 0 Å². The lowest BCUT2D eigenvalue weighted by Gasteiger charge is -2.11. The monoisotopic (exact) mass is 505 g/mol. The predicted octanol–water partition coefficient (Wildman–Crippen LogP) is 6.13. The molecule has 1 saturated heterocycles. The smallest absolute Gasteiger partial charge is 0.123 e. The molecule has 1 aliphatic heterocycles. The number of nitrogens with one attached hydrogen (secondary N) is 1. The second-order valence-corrected chi connectivity index (χ2v) is 9.25. The van der Waals surface area contributed by atoms with Gasteiger partial charge in [-0.15, -0.1) is 0 Å². The van der Waals surface area contributed by atoms with E-state index in [0.717, 1.165) is 30.0 Å². The van der Waals surface area contributed by atoms with E-state index in [1.54, 1.807) is 37.5 Å². The number of halogens is 2. The van der Waals surface area contributed by atoms with Crippen molar-refractivity contribution < 1.29 is 13.5 Å². The van der Waals surface area contributed by atoms with E-state index in [1.165, 1.54) is 48.4 Å². The Labute approximate surface area is 219 Å². The molecule has 0 spiro atoms. The number of aryl methyl sites for hydroxylation is 1. The highest BCUT2D eigenvalue weighted by atomic mass is 19.1. The Morgan fingerprint density at radius 3 is 2.05 bits per heavy atom. The van der Waals surface area contributed by atoms with E-state index < -0.39 is 0 Å². The number of benzene rings is 3. The molecule has 0 aromatic heterocycles. The molecule has 0 amide bonds. The van der Waals surface area contributed by atoms with Crippen LogP contribution in [0.2, 0.25) is 0 Å². The van der Waals surface area contributed by atoms with Crippen LogP contribution in [0.5, 0.6) is 0 Å². The Morgan fingerprint density at radius 1 is 0.919 bits per heavy atom. The van der Waals surface area contributed by atoms with Crippen LogP contribution in [-0.4, -0.2) is 26.8 Å². The van der Waals surface area contributed by atoms with E-state index in [-0.39, 0.29) is 11.6 Å². The van der Waals surface area contributed by atoms with Crippen molar-refractivity contribution in [1.82, 2.24) is 5.32 Å². The normalized spacial score (nSPS) is 16.1. The third-order valence-electron chi connectivity index (χ3n) is 6.41. The second kappa shape index (κ2) is 14.3. The molecule has 0 saturated carbocycles. The van der Waals surface area contributed by atoms with Crippen LogP contribution in [0, 0.1) is 18.6 Å². The van der Waals surface area contributed by atoms with Crippen molar-refractivity contribution in [3.05, 3.63) is 118 Å². The molecule has 4 nitrogen and oxygen atoms in total. The molecule has 1 unspecified atom stereocenters. The molecule has 6 heteroatoms. The minimum Gasteiger partial charge on any atom is -0.398 e. The van der Waals surface area contributed by atoms with Crippen LogP contribution in [0.25, 0.3) is 11.4 Å². The summed E-state index contributed by atoms with van der Waals surface area (Å²) in [4.78, 5) is 0. The van der Waals surface area contributed by atoms with Crippen LogP contribution in [0.3, 0.4) is 0 Å². The summed E-state index contributed by atoms with van der Waals surface area (Å²) in [5.41, 5.74) is 18.5. The van der Waals surface area contributed by atoms with Gasteiger partial charge in [0, 0.05) is 31.7 Å². The summed E-state index contributed by atoms with van der Waals surface area (Å²) in [6.07, 6.45) is 4.49. The Hall–Kier alpha value is -3.48. The van der Waals surface area contributed by atoms with Gasteiger partial charge in [0.2, 0.25) is 0 Å². The zero-order chi connectivity index (χ0) is 26.6. The van der Waals surface area contributed by atoms with Crippen molar-refractivity contribution in [1.29, 1.82) is 0 Å². The lowest BCUT2D eigenvalue weighted by molar-refractivity contribution is 0.195. The molecule has 0 aliphatic carbocycles. The number of nitrogens with two attached hydrogens (primary N) is 2. The first-order valence-corrected chi connectivity index (χ1v) is 12.6. The summed E-state index contributed by atoms with van der Waals surface area (Å²) in [6.45, 7) is 5.06. The first-order chi connectivity index (χ1) is 17.9. The van der Waals surface area contributed by atoms with Crippen LogP contribution < -0.4 is 16.8 Å². The number of ether oxygens (including phenoxy) is 1. The molecule has 1 atom stereocenters. The molecule has 1 fully saturated rings. The first kappa shape index (κ1) is 28.1. The molecular weight excluding hydrogens is 468 g/mol. The highest BCUT2D eigenvalue weighted by Crippen LogP contribution is 2.23. The van der Waals surface area contributed by atoms with Gasteiger partial charge in [-0.05, 0) is 103 Å². The van der Waals surface area contributed by atoms with Crippen molar-refractivity contribution in [2.24, 2.45) is 11.5 Å². The standard InChI is InChI=1S/C20H22F2N2O.C11H15N/c1-25-12-2-3-16(20(24)15-6-10-18(22)11-7-15)13-19(23)14-4-8-17(21)9-5-14;1-9-2-4-10(5-3-9)11-6-7-12-8-11/h4-11,13H,2-3,12,23-24H2,1H3;2-5,11-12H,6-8H2,1H3/b19-13-,20-16-;. The van der Waals surface area contributed by atoms with Gasteiger partial charge in [-0.2, -0.15) is 0 Å². The Bertz CT molecular complexity index is 1160. The number of rotatable bonds is 8. The third kappa shape index (κ3) is 8.85. The van der Waals surface area contributed by atoms with Gasteiger partial charge < -0.3 is 21.5 Å². The molecule has 196 valence electrons. The number of hydrogen-bond acceptors (Lipinski definition) is 4. The Kier molecular flexibility index (Phi) is 10.9. The molecule has 3 aromatic carbocycles. The van der Waals surface area contributed by atoms with Crippen molar-refractivity contribution >= 4 is 11.4 Å². The summed E-state index contributed by atoms with van der Waals surface area (Å²) < 4.78 is 31.3. The predicted molar refractivity (Wildman–Crippen MR) is 149 cm³/mol. The fourth-order valence-electron chi connectivity index (χ4n) is 4.20. The minimum absolute atomic E-state index is 0.321. The summed E-state index contributed by atoms with van der Waals surface area (Å²) in [5.74, 6) is 0.114. The van der Waals surface area contributed by atoms with Gasteiger partial charge in [-0.3, -0.25) is 0 Å². The maximum Gasteiger partial charge on any atom is 0.123 e. The van der Waals surface area contributed by atoms with Gasteiger partial charge in [0.1, 0.15) is 11.6 Å². The third-order valence-corrected chi connectivity index (χ3v) is 6.41. The fraction of sp³-hybridized carbons (Fsp3) is 0.290. The Balaban J connectivity index is 0.000000262. The molecule has 0 radical (unpaired) electrons. The van der Waals surface area contributed by atoms with E-state index in [2.05, 4.69) is 36.5 Å². The molecular formula is C31H37F2N3O. The van der Waals surface area contributed by atoms with Gasteiger partial charge in [0.15, 0.2) is 0 Å². The van der Waals surface area contributed by atoms with Crippen molar-refractivity contribution in [3.8, 4) is 0 Å². The second-order valence-electron chi connectivity index (χ2n) is 9.25. The lowest BCUT2D eigenvalue weighted by atomic mass is 9.98. The van der Waals surface area contributed by atoms with E-state index in [9.17, 15) is 8.78 Å². The first-order valence-electron chi connectivity index (χ1n) is 12.6. The largest absolute Gasteiger partial charge is 0.398 e. The lowest BCUT2D eigenvalue weighted by Crippen LogP contribution is -2.07. The number of methoxy groups -OCH3 is 1. The highest BCUT2D eigenvalue weighted by Gasteiger charge is 2.15. The average Bonchev–Trinajstić information content (AvgIpc) is 3.44. The molecule has 5 N–H and O–H groups in total. The number of allylic oxidation sites excluding steroid dienone is 2. The van der Waals surface area contributed by atoms with E-state index >= 15 is 0 Å². The van der Waals surface area contributed by atoms with Crippen molar-refractivity contribution in [2.75, 3.05) is 26.8 Å². The topological polar surface area (TPSA) is 73.3 Å².